The van der Waals surface area contributed by atoms with Crippen molar-refractivity contribution < 1.29 is 0 Å². The van der Waals surface area contributed by atoms with Crippen molar-refractivity contribution >= 4 is 34.9 Å². The third kappa shape index (κ3) is 4.11. The SMILES string of the molecule is CC1=CS/C(=C(/N)c2cc(N(C)c3ccccc3)nc(NC(C)C)n2)N1. The van der Waals surface area contributed by atoms with Crippen LogP contribution in [0.5, 0.6) is 0 Å². The van der Waals surface area contributed by atoms with E-state index in [1.807, 2.05) is 60.7 Å². The maximum absolute atomic E-state index is 6.40. The van der Waals surface area contributed by atoms with E-state index in [1.54, 1.807) is 11.8 Å². The molecule has 3 rings (SSSR count). The number of thioether (sulfide) groups is 1. The molecule has 2 heterocycles. The van der Waals surface area contributed by atoms with Crippen molar-refractivity contribution in [3.8, 4) is 0 Å². The molecule has 1 aromatic heterocycles. The van der Waals surface area contributed by atoms with Gasteiger partial charge in [0.25, 0.3) is 0 Å². The Kier molecular flexibility index (Phi) is 5.37. The van der Waals surface area contributed by atoms with Crippen LogP contribution in [0.1, 0.15) is 26.5 Å². The summed E-state index contributed by atoms with van der Waals surface area (Å²) in [6.07, 6.45) is 0. The zero-order valence-corrected chi connectivity index (χ0v) is 16.3. The summed E-state index contributed by atoms with van der Waals surface area (Å²) in [6.45, 7) is 6.12. The topological polar surface area (TPSA) is 79.1 Å². The largest absolute Gasteiger partial charge is 0.395 e. The van der Waals surface area contributed by atoms with Crippen LogP contribution >= 0.6 is 11.8 Å². The molecule has 0 unspecified atom stereocenters. The van der Waals surface area contributed by atoms with Crippen molar-refractivity contribution in [2.45, 2.75) is 26.8 Å². The minimum absolute atomic E-state index is 0.219. The molecule has 1 aliphatic rings. The number of benzene rings is 1. The lowest BCUT2D eigenvalue weighted by Crippen LogP contribution is -2.18. The van der Waals surface area contributed by atoms with Crippen LogP contribution in [0.2, 0.25) is 0 Å². The molecule has 7 heteroatoms. The van der Waals surface area contributed by atoms with Crippen LogP contribution in [-0.4, -0.2) is 23.1 Å². The van der Waals surface area contributed by atoms with Crippen LogP contribution in [0.4, 0.5) is 17.5 Å². The third-order valence-corrected chi connectivity index (χ3v) is 4.83. The highest BCUT2D eigenvalue weighted by Crippen LogP contribution is 2.30. The van der Waals surface area contributed by atoms with Crippen LogP contribution < -0.4 is 21.3 Å². The number of hydrogen-bond acceptors (Lipinski definition) is 7. The summed E-state index contributed by atoms with van der Waals surface area (Å²) in [7, 11) is 1.98. The van der Waals surface area contributed by atoms with Crippen molar-refractivity contribution in [2.24, 2.45) is 5.73 Å². The first kappa shape index (κ1) is 18.1. The molecule has 0 aliphatic carbocycles. The highest BCUT2D eigenvalue weighted by Gasteiger charge is 2.17. The molecular formula is C19H24N6S. The molecule has 0 amide bonds. The highest BCUT2D eigenvalue weighted by atomic mass is 32.2. The monoisotopic (exact) mass is 368 g/mol. The molecule has 26 heavy (non-hydrogen) atoms. The second-order valence-corrected chi connectivity index (χ2v) is 7.29. The Bertz CT molecular complexity index is 844. The van der Waals surface area contributed by atoms with Crippen molar-refractivity contribution in [1.82, 2.24) is 15.3 Å². The van der Waals surface area contributed by atoms with Gasteiger partial charge in [-0.25, -0.2) is 4.98 Å². The molecule has 6 nitrogen and oxygen atoms in total. The van der Waals surface area contributed by atoms with Crippen LogP contribution in [-0.2, 0) is 0 Å². The van der Waals surface area contributed by atoms with E-state index in [4.69, 9.17) is 5.73 Å². The van der Waals surface area contributed by atoms with Crippen LogP contribution in [0.25, 0.3) is 5.70 Å². The minimum Gasteiger partial charge on any atom is -0.395 e. The minimum atomic E-state index is 0.219. The summed E-state index contributed by atoms with van der Waals surface area (Å²) >= 11 is 1.57. The predicted octanol–water partition coefficient (Wildman–Crippen LogP) is 3.85. The Morgan fingerprint density at radius 1 is 1.23 bits per heavy atom. The summed E-state index contributed by atoms with van der Waals surface area (Å²) in [4.78, 5) is 11.3. The van der Waals surface area contributed by atoms with Gasteiger partial charge < -0.3 is 21.3 Å². The van der Waals surface area contributed by atoms with E-state index < -0.39 is 0 Å². The van der Waals surface area contributed by atoms with Gasteiger partial charge in [0.2, 0.25) is 5.95 Å². The number of aromatic nitrogens is 2. The van der Waals surface area contributed by atoms with Gasteiger partial charge in [-0.3, -0.25) is 0 Å². The van der Waals surface area contributed by atoms with E-state index in [9.17, 15) is 0 Å². The maximum Gasteiger partial charge on any atom is 0.225 e. The van der Waals surface area contributed by atoms with Gasteiger partial charge in [-0.2, -0.15) is 4.98 Å². The number of allylic oxidation sites excluding steroid dienone is 1. The summed E-state index contributed by atoms with van der Waals surface area (Å²) in [5, 5.41) is 9.48. The first-order chi connectivity index (χ1) is 12.4. The Hall–Kier alpha value is -2.67. The molecule has 2 aromatic rings. The second kappa shape index (κ2) is 7.70. The van der Waals surface area contributed by atoms with Crippen LogP contribution in [0.15, 0.2) is 52.5 Å². The lowest BCUT2D eigenvalue weighted by molar-refractivity contribution is 0.870. The van der Waals surface area contributed by atoms with Crippen LogP contribution in [0, 0.1) is 0 Å². The zero-order valence-electron chi connectivity index (χ0n) is 15.4. The Labute approximate surface area is 158 Å². The average Bonchev–Trinajstić information content (AvgIpc) is 3.06. The lowest BCUT2D eigenvalue weighted by atomic mass is 10.2. The van der Waals surface area contributed by atoms with Gasteiger partial charge >= 0.3 is 0 Å². The standard InChI is InChI=1S/C19H24N6S/c1-12(2)21-19-23-15(17(20)18-22-13(3)11-26-18)10-16(24-19)25(4)14-8-6-5-7-9-14/h5-12,22H,20H2,1-4H3,(H,21,23,24)/b18-17+. The van der Waals surface area contributed by atoms with E-state index in [-0.39, 0.29) is 6.04 Å². The molecule has 4 N–H and O–H groups in total. The second-order valence-electron chi connectivity index (χ2n) is 6.42. The average molecular weight is 369 g/mol. The Balaban J connectivity index is 2.02. The maximum atomic E-state index is 6.40. The molecule has 0 saturated carbocycles. The molecular weight excluding hydrogens is 344 g/mol. The van der Waals surface area contributed by atoms with E-state index >= 15 is 0 Å². The number of nitrogens with two attached hydrogens (primary N) is 1. The van der Waals surface area contributed by atoms with Gasteiger partial charge in [-0.05, 0) is 38.3 Å². The van der Waals surface area contributed by atoms with Gasteiger partial charge in [0.05, 0.1) is 11.4 Å². The molecule has 0 spiro atoms. The first-order valence-electron chi connectivity index (χ1n) is 8.49. The highest BCUT2D eigenvalue weighted by molar-refractivity contribution is 8.06. The molecule has 0 atom stereocenters. The number of rotatable bonds is 5. The van der Waals surface area contributed by atoms with Crippen molar-refractivity contribution in [1.29, 1.82) is 0 Å². The molecule has 0 radical (unpaired) electrons. The predicted molar refractivity (Wildman–Crippen MR) is 111 cm³/mol. The van der Waals surface area contributed by atoms with Gasteiger partial charge in [0, 0.05) is 30.5 Å². The fourth-order valence-electron chi connectivity index (χ4n) is 2.48. The number of nitrogens with one attached hydrogen (secondary N) is 2. The lowest BCUT2D eigenvalue weighted by Gasteiger charge is -2.21. The van der Waals surface area contributed by atoms with Crippen molar-refractivity contribution in [2.75, 3.05) is 17.3 Å². The summed E-state index contributed by atoms with van der Waals surface area (Å²) in [6, 6.07) is 12.2. The normalized spacial score (nSPS) is 15.5. The summed E-state index contributed by atoms with van der Waals surface area (Å²) in [5.74, 6) is 1.34. The molecule has 1 aliphatic heterocycles. The van der Waals surface area contributed by atoms with Crippen LogP contribution in [0.3, 0.4) is 0 Å². The number of para-hydroxylation sites is 1. The third-order valence-electron chi connectivity index (χ3n) is 3.80. The van der Waals surface area contributed by atoms with Gasteiger partial charge in [-0.15, -0.1) is 0 Å². The number of nitrogens with zero attached hydrogens (tertiary/aromatic N) is 3. The fraction of sp³-hybridized carbons (Fsp3) is 0.263. The molecule has 0 saturated heterocycles. The summed E-state index contributed by atoms with van der Waals surface area (Å²) in [5.41, 5.74) is 9.82. The quantitative estimate of drug-likeness (QED) is 0.740. The van der Waals surface area contributed by atoms with E-state index in [1.165, 1.54) is 0 Å². The number of hydrogen-bond donors (Lipinski definition) is 3. The van der Waals surface area contributed by atoms with E-state index in [2.05, 4.69) is 34.4 Å². The molecule has 1 aromatic carbocycles. The number of anilines is 3. The van der Waals surface area contributed by atoms with Gasteiger partial charge in [0.1, 0.15) is 10.8 Å². The Morgan fingerprint density at radius 3 is 2.58 bits per heavy atom. The van der Waals surface area contributed by atoms with Gasteiger partial charge in [-0.1, -0.05) is 30.0 Å². The zero-order chi connectivity index (χ0) is 18.7. The van der Waals surface area contributed by atoms with Crippen molar-refractivity contribution in [3.63, 3.8) is 0 Å². The Morgan fingerprint density at radius 2 is 1.96 bits per heavy atom. The van der Waals surface area contributed by atoms with Gasteiger partial charge in [0.15, 0.2) is 0 Å². The summed E-state index contributed by atoms with van der Waals surface area (Å²) < 4.78 is 0. The molecule has 0 fully saturated rings. The molecule has 136 valence electrons. The van der Waals surface area contributed by atoms with E-state index in [0.717, 1.165) is 22.2 Å². The molecule has 0 bridgehead atoms. The van der Waals surface area contributed by atoms with E-state index in [0.29, 0.717) is 17.3 Å². The fourth-order valence-corrected chi connectivity index (χ4v) is 3.29. The first-order valence-corrected chi connectivity index (χ1v) is 9.37. The van der Waals surface area contributed by atoms with Crippen molar-refractivity contribution in [3.05, 3.63) is 58.2 Å². The smallest absolute Gasteiger partial charge is 0.225 e.